The molecule has 32 heavy (non-hydrogen) atoms. The summed E-state index contributed by atoms with van der Waals surface area (Å²) in [5.41, 5.74) is 1.79. The van der Waals surface area contributed by atoms with Gasteiger partial charge < -0.3 is 15.2 Å². The second kappa shape index (κ2) is 9.13. The van der Waals surface area contributed by atoms with E-state index in [1.165, 1.54) is 25.0 Å². The molecule has 0 unspecified atom stereocenters. The van der Waals surface area contributed by atoms with E-state index in [0.29, 0.717) is 23.9 Å². The Morgan fingerprint density at radius 3 is 2.41 bits per heavy atom. The monoisotopic (exact) mass is 449 g/mol. The number of carbonyl (C=O) groups excluding carboxylic acids is 1. The molecule has 0 bridgehead atoms. The number of hydrogen-bond donors (Lipinski definition) is 2. The number of rotatable bonds is 6. The predicted octanol–water partition coefficient (Wildman–Crippen LogP) is 4.42. The van der Waals surface area contributed by atoms with Gasteiger partial charge in [-0.15, -0.1) is 0 Å². The van der Waals surface area contributed by atoms with E-state index >= 15 is 0 Å². The summed E-state index contributed by atoms with van der Waals surface area (Å²) in [6.07, 6.45) is -0.0657. The molecule has 9 heteroatoms. The van der Waals surface area contributed by atoms with Crippen LogP contribution >= 0.6 is 0 Å². The summed E-state index contributed by atoms with van der Waals surface area (Å²) in [6.45, 7) is 5.22. The van der Waals surface area contributed by atoms with Crippen LogP contribution in [0.3, 0.4) is 0 Å². The SMILES string of the molecule is CNC(=O)N(CC1CC1)C1CCN(Cc2nc(-c3ccc(C(F)(F)F)cc3)[nH]c2C)CC1. The summed E-state index contributed by atoms with van der Waals surface area (Å²) in [5, 5.41) is 2.78. The molecule has 1 aromatic carbocycles. The minimum absolute atomic E-state index is 0.0136. The lowest BCUT2D eigenvalue weighted by Crippen LogP contribution is -2.50. The van der Waals surface area contributed by atoms with Crippen molar-refractivity contribution < 1.29 is 18.0 Å². The maximum Gasteiger partial charge on any atom is 0.416 e. The molecule has 0 atom stereocenters. The smallest absolute Gasteiger partial charge is 0.342 e. The summed E-state index contributed by atoms with van der Waals surface area (Å²) in [6, 6.07) is 5.33. The van der Waals surface area contributed by atoms with Crippen molar-refractivity contribution in [2.75, 3.05) is 26.7 Å². The molecule has 2 amide bonds. The topological polar surface area (TPSA) is 64.3 Å². The second-order valence-corrected chi connectivity index (χ2v) is 8.89. The fraction of sp³-hybridized carbons (Fsp3) is 0.565. The average molecular weight is 450 g/mol. The number of alkyl halides is 3. The number of piperidine rings is 1. The lowest BCUT2D eigenvalue weighted by atomic mass is 10.0. The van der Waals surface area contributed by atoms with Crippen LogP contribution in [0.15, 0.2) is 24.3 Å². The molecule has 2 aromatic rings. The van der Waals surface area contributed by atoms with E-state index in [9.17, 15) is 18.0 Å². The Balaban J connectivity index is 1.36. The van der Waals surface area contributed by atoms with E-state index in [4.69, 9.17) is 0 Å². The predicted molar refractivity (Wildman–Crippen MR) is 116 cm³/mol. The van der Waals surface area contributed by atoms with Crippen molar-refractivity contribution in [3.63, 3.8) is 0 Å². The lowest BCUT2D eigenvalue weighted by molar-refractivity contribution is -0.137. The van der Waals surface area contributed by atoms with Crippen LogP contribution in [-0.4, -0.2) is 58.5 Å². The first kappa shape index (κ1) is 22.6. The van der Waals surface area contributed by atoms with E-state index in [1.54, 1.807) is 7.05 Å². The molecule has 1 saturated carbocycles. The number of imidazole rings is 1. The number of nitrogens with zero attached hydrogens (tertiary/aromatic N) is 3. The van der Waals surface area contributed by atoms with E-state index in [-0.39, 0.29) is 12.1 Å². The quantitative estimate of drug-likeness (QED) is 0.686. The first-order chi connectivity index (χ1) is 15.2. The number of likely N-dealkylation sites (tertiary alicyclic amines) is 1. The van der Waals surface area contributed by atoms with Gasteiger partial charge in [-0.05, 0) is 50.7 Å². The number of H-pyrrole nitrogens is 1. The number of carbonyl (C=O) groups is 1. The van der Waals surface area contributed by atoms with E-state index in [1.807, 2.05) is 11.8 Å². The molecule has 0 radical (unpaired) electrons. The molecule has 1 aliphatic carbocycles. The van der Waals surface area contributed by atoms with Crippen molar-refractivity contribution in [2.45, 2.75) is 51.4 Å². The molecule has 174 valence electrons. The Labute approximate surface area is 186 Å². The average Bonchev–Trinajstić information content (AvgIpc) is 3.53. The minimum atomic E-state index is -4.35. The number of halogens is 3. The molecule has 1 saturated heterocycles. The highest BCUT2D eigenvalue weighted by Gasteiger charge is 2.33. The maximum absolute atomic E-state index is 12.8. The van der Waals surface area contributed by atoms with Crippen LogP contribution < -0.4 is 5.32 Å². The third-order valence-corrected chi connectivity index (χ3v) is 6.47. The van der Waals surface area contributed by atoms with Crippen molar-refractivity contribution >= 4 is 6.03 Å². The Hall–Kier alpha value is -2.55. The number of aryl methyl sites for hydroxylation is 1. The van der Waals surface area contributed by atoms with Crippen LogP contribution in [0.25, 0.3) is 11.4 Å². The Morgan fingerprint density at radius 1 is 1.19 bits per heavy atom. The fourth-order valence-corrected chi connectivity index (χ4v) is 4.33. The second-order valence-electron chi connectivity index (χ2n) is 8.89. The van der Waals surface area contributed by atoms with Gasteiger partial charge in [-0.2, -0.15) is 13.2 Å². The maximum atomic E-state index is 12.8. The number of nitrogens with one attached hydrogen (secondary N) is 2. The van der Waals surface area contributed by atoms with Crippen LogP contribution in [0.4, 0.5) is 18.0 Å². The minimum Gasteiger partial charge on any atom is -0.342 e. The Bertz CT molecular complexity index is 928. The Morgan fingerprint density at radius 2 is 1.84 bits per heavy atom. The molecule has 2 aliphatic rings. The highest BCUT2D eigenvalue weighted by atomic mass is 19.4. The zero-order valence-electron chi connectivity index (χ0n) is 18.5. The van der Waals surface area contributed by atoms with Crippen LogP contribution in [0, 0.1) is 12.8 Å². The number of benzene rings is 1. The van der Waals surface area contributed by atoms with E-state index < -0.39 is 11.7 Å². The van der Waals surface area contributed by atoms with Crippen LogP contribution in [0.2, 0.25) is 0 Å². The number of urea groups is 1. The zero-order chi connectivity index (χ0) is 22.9. The van der Waals surface area contributed by atoms with Gasteiger partial charge in [0.25, 0.3) is 0 Å². The molecular formula is C23H30F3N5O. The molecule has 2 N–H and O–H groups in total. The zero-order valence-corrected chi connectivity index (χ0v) is 18.5. The van der Waals surface area contributed by atoms with Crippen molar-refractivity contribution in [3.8, 4) is 11.4 Å². The molecule has 6 nitrogen and oxygen atoms in total. The fourth-order valence-electron chi connectivity index (χ4n) is 4.33. The highest BCUT2D eigenvalue weighted by Crippen LogP contribution is 2.32. The highest BCUT2D eigenvalue weighted by molar-refractivity contribution is 5.74. The molecule has 1 aromatic heterocycles. The van der Waals surface area contributed by atoms with Gasteiger partial charge in [0.1, 0.15) is 5.82 Å². The summed E-state index contributed by atoms with van der Waals surface area (Å²) in [5.74, 6) is 1.23. The number of aromatic nitrogens is 2. The van der Waals surface area contributed by atoms with Gasteiger partial charge in [-0.3, -0.25) is 4.90 Å². The van der Waals surface area contributed by atoms with Gasteiger partial charge in [0.05, 0.1) is 11.3 Å². The van der Waals surface area contributed by atoms with Crippen LogP contribution in [-0.2, 0) is 12.7 Å². The summed E-state index contributed by atoms with van der Waals surface area (Å²) in [4.78, 5) is 24.5. The molecule has 2 fully saturated rings. The first-order valence-electron chi connectivity index (χ1n) is 11.2. The van der Waals surface area contributed by atoms with Crippen molar-refractivity contribution in [1.29, 1.82) is 0 Å². The molecule has 0 spiro atoms. The third-order valence-electron chi connectivity index (χ3n) is 6.47. The summed E-state index contributed by atoms with van der Waals surface area (Å²) >= 11 is 0. The van der Waals surface area contributed by atoms with Gasteiger partial charge in [0, 0.05) is 50.5 Å². The Kier molecular flexibility index (Phi) is 6.46. The number of aromatic amines is 1. The molecule has 1 aliphatic heterocycles. The molecule has 2 heterocycles. The first-order valence-corrected chi connectivity index (χ1v) is 11.2. The third kappa shape index (κ3) is 5.26. The van der Waals surface area contributed by atoms with Crippen molar-refractivity contribution in [1.82, 2.24) is 25.1 Å². The van der Waals surface area contributed by atoms with Crippen LogP contribution in [0.5, 0.6) is 0 Å². The van der Waals surface area contributed by atoms with Gasteiger partial charge >= 0.3 is 12.2 Å². The summed E-state index contributed by atoms with van der Waals surface area (Å²) in [7, 11) is 1.69. The largest absolute Gasteiger partial charge is 0.416 e. The standard InChI is InChI=1S/C23H30F3N5O/c1-15-20(29-21(28-15)17-5-7-18(8-6-17)23(24,25)26)14-30-11-9-19(10-12-30)31(22(32)27-2)13-16-3-4-16/h5-8,16,19H,3-4,9-14H2,1-2H3,(H,27,32)(H,28,29). The lowest BCUT2D eigenvalue weighted by Gasteiger charge is -2.38. The van der Waals surface area contributed by atoms with E-state index in [2.05, 4.69) is 20.2 Å². The van der Waals surface area contributed by atoms with Crippen molar-refractivity contribution in [3.05, 3.63) is 41.2 Å². The number of hydrogen-bond acceptors (Lipinski definition) is 3. The summed E-state index contributed by atoms with van der Waals surface area (Å²) < 4.78 is 38.4. The molecule has 4 rings (SSSR count). The van der Waals surface area contributed by atoms with Crippen LogP contribution in [0.1, 0.15) is 42.6 Å². The van der Waals surface area contributed by atoms with E-state index in [0.717, 1.165) is 56.0 Å². The van der Waals surface area contributed by atoms with Gasteiger partial charge in [0.15, 0.2) is 0 Å². The molecular weight excluding hydrogens is 419 g/mol. The van der Waals surface area contributed by atoms with Gasteiger partial charge in [-0.1, -0.05) is 12.1 Å². The number of amides is 2. The normalized spacial score (nSPS) is 18.0. The van der Waals surface area contributed by atoms with Gasteiger partial charge in [0.2, 0.25) is 0 Å². The van der Waals surface area contributed by atoms with Crippen molar-refractivity contribution in [2.24, 2.45) is 5.92 Å². The van der Waals surface area contributed by atoms with Gasteiger partial charge in [-0.25, -0.2) is 9.78 Å².